The molecule has 0 aliphatic carbocycles. The van der Waals surface area contributed by atoms with Crippen LogP contribution in [0.15, 0.2) is 17.4 Å². The average Bonchev–Trinajstić information content (AvgIpc) is 3.10. The van der Waals surface area contributed by atoms with Crippen molar-refractivity contribution in [2.45, 2.75) is 44.2 Å². The molecule has 2 aromatic rings. The van der Waals surface area contributed by atoms with Crippen molar-refractivity contribution in [3.63, 3.8) is 0 Å². The standard InChI is InChI=1S/C13H16N4O5/c1-13(2)21-8-6(3-18)20-12(9(8)22-13)17-5-16-7-10(17)14-4-15-11(7)19/h4-6,8-9,12,18H,3H2,1-2H3,(H,14,15,19). The molecule has 0 saturated carbocycles. The predicted octanol–water partition coefficient (Wildman–Crippen LogP) is -0.471. The fraction of sp³-hybridized carbons (Fsp3) is 0.615. The first-order valence-electron chi connectivity index (χ1n) is 7.02. The van der Waals surface area contributed by atoms with Crippen molar-refractivity contribution in [1.82, 2.24) is 19.5 Å². The fourth-order valence-corrected chi connectivity index (χ4v) is 3.08. The summed E-state index contributed by atoms with van der Waals surface area (Å²) in [4.78, 5) is 22.5. The molecule has 0 spiro atoms. The molecule has 4 rings (SSSR count). The zero-order valence-corrected chi connectivity index (χ0v) is 12.1. The van der Waals surface area contributed by atoms with Crippen LogP contribution in [0, 0.1) is 0 Å². The van der Waals surface area contributed by atoms with Crippen molar-refractivity contribution in [3.8, 4) is 0 Å². The van der Waals surface area contributed by atoms with Gasteiger partial charge in [-0.05, 0) is 13.8 Å². The van der Waals surface area contributed by atoms with Gasteiger partial charge in [-0.25, -0.2) is 9.97 Å². The number of ether oxygens (including phenoxy) is 3. The van der Waals surface area contributed by atoms with Crippen LogP contribution in [-0.2, 0) is 14.2 Å². The molecule has 2 aliphatic heterocycles. The lowest BCUT2D eigenvalue weighted by Gasteiger charge is -2.24. The van der Waals surface area contributed by atoms with E-state index >= 15 is 0 Å². The number of aliphatic hydroxyl groups is 1. The number of nitrogens with zero attached hydrogens (tertiary/aromatic N) is 3. The minimum Gasteiger partial charge on any atom is -0.394 e. The lowest BCUT2D eigenvalue weighted by Crippen LogP contribution is -2.31. The Morgan fingerprint density at radius 2 is 2.14 bits per heavy atom. The smallest absolute Gasteiger partial charge is 0.278 e. The minimum absolute atomic E-state index is 0.183. The summed E-state index contributed by atoms with van der Waals surface area (Å²) in [6, 6.07) is 0. The Morgan fingerprint density at radius 1 is 1.36 bits per heavy atom. The molecule has 4 atom stereocenters. The van der Waals surface area contributed by atoms with Crippen molar-refractivity contribution < 1.29 is 19.3 Å². The van der Waals surface area contributed by atoms with Gasteiger partial charge in [-0.15, -0.1) is 0 Å². The summed E-state index contributed by atoms with van der Waals surface area (Å²) < 4.78 is 19.2. The van der Waals surface area contributed by atoms with Gasteiger partial charge in [0.25, 0.3) is 5.56 Å². The van der Waals surface area contributed by atoms with E-state index in [0.29, 0.717) is 5.65 Å². The number of aliphatic hydroxyl groups excluding tert-OH is 1. The Hall–Kier alpha value is -1.81. The van der Waals surface area contributed by atoms with Gasteiger partial charge in [0.05, 0.1) is 19.3 Å². The molecule has 2 N–H and O–H groups in total. The van der Waals surface area contributed by atoms with E-state index in [1.165, 1.54) is 12.7 Å². The highest BCUT2D eigenvalue weighted by atomic mass is 16.8. The quantitative estimate of drug-likeness (QED) is 0.771. The summed E-state index contributed by atoms with van der Waals surface area (Å²) in [6.07, 6.45) is 0.937. The number of rotatable bonds is 2. The summed E-state index contributed by atoms with van der Waals surface area (Å²) >= 11 is 0. The van der Waals surface area contributed by atoms with Gasteiger partial charge in [-0.3, -0.25) is 9.36 Å². The van der Waals surface area contributed by atoms with Gasteiger partial charge in [0.2, 0.25) is 0 Å². The van der Waals surface area contributed by atoms with E-state index in [0.717, 1.165) is 0 Å². The van der Waals surface area contributed by atoms with E-state index in [-0.39, 0.29) is 23.8 Å². The van der Waals surface area contributed by atoms with Crippen LogP contribution in [-0.4, -0.2) is 55.3 Å². The molecule has 2 aromatic heterocycles. The molecule has 22 heavy (non-hydrogen) atoms. The largest absolute Gasteiger partial charge is 0.394 e. The maximum absolute atomic E-state index is 11.8. The summed E-state index contributed by atoms with van der Waals surface area (Å²) in [7, 11) is 0. The van der Waals surface area contributed by atoms with Crippen LogP contribution in [0.5, 0.6) is 0 Å². The molecule has 9 nitrogen and oxygen atoms in total. The van der Waals surface area contributed by atoms with E-state index in [4.69, 9.17) is 14.2 Å². The number of fused-ring (bicyclic) bond motifs is 2. The van der Waals surface area contributed by atoms with Crippen LogP contribution in [0.4, 0.5) is 0 Å². The molecule has 9 heteroatoms. The first-order valence-corrected chi connectivity index (χ1v) is 7.02. The van der Waals surface area contributed by atoms with Gasteiger partial charge in [-0.1, -0.05) is 0 Å². The van der Waals surface area contributed by atoms with Crippen molar-refractivity contribution in [2.24, 2.45) is 0 Å². The fourth-order valence-electron chi connectivity index (χ4n) is 3.08. The van der Waals surface area contributed by atoms with E-state index in [1.54, 1.807) is 4.57 Å². The Labute approximate surface area is 124 Å². The first-order chi connectivity index (χ1) is 10.5. The van der Waals surface area contributed by atoms with Gasteiger partial charge >= 0.3 is 0 Å². The molecule has 4 unspecified atom stereocenters. The molecule has 2 fully saturated rings. The maximum Gasteiger partial charge on any atom is 0.278 e. The number of aromatic amines is 1. The SMILES string of the molecule is CC1(C)OC2C(CO)OC(n3cnc4c(=O)[nH]cnc43)C2O1. The van der Waals surface area contributed by atoms with Crippen molar-refractivity contribution in [2.75, 3.05) is 6.61 Å². The van der Waals surface area contributed by atoms with Crippen molar-refractivity contribution >= 4 is 11.2 Å². The van der Waals surface area contributed by atoms with E-state index in [1.807, 2.05) is 13.8 Å². The van der Waals surface area contributed by atoms with Gasteiger partial charge in [0.1, 0.15) is 18.3 Å². The highest BCUT2D eigenvalue weighted by Crippen LogP contribution is 2.43. The molecule has 0 bridgehead atoms. The third kappa shape index (κ3) is 1.90. The third-order valence-corrected chi connectivity index (χ3v) is 3.94. The molecular formula is C13H16N4O5. The molecule has 4 heterocycles. The summed E-state index contributed by atoms with van der Waals surface area (Å²) in [5.74, 6) is -0.758. The van der Waals surface area contributed by atoms with Crippen molar-refractivity contribution in [1.29, 1.82) is 0 Å². The topological polar surface area (TPSA) is 111 Å². The molecule has 0 amide bonds. The summed E-state index contributed by atoms with van der Waals surface area (Å²) in [6.45, 7) is 3.44. The van der Waals surface area contributed by atoms with Gasteiger partial charge in [-0.2, -0.15) is 0 Å². The van der Waals surface area contributed by atoms with Crippen LogP contribution >= 0.6 is 0 Å². The number of H-pyrrole nitrogens is 1. The zero-order valence-electron chi connectivity index (χ0n) is 12.1. The van der Waals surface area contributed by atoms with Crippen LogP contribution in [0.3, 0.4) is 0 Å². The summed E-state index contributed by atoms with van der Waals surface area (Å²) in [5.41, 5.74) is 0.314. The zero-order chi connectivity index (χ0) is 15.5. The molecule has 2 aliphatic rings. The Balaban J connectivity index is 1.78. The van der Waals surface area contributed by atoms with Crippen LogP contribution in [0.2, 0.25) is 0 Å². The monoisotopic (exact) mass is 308 g/mol. The Kier molecular flexibility index (Phi) is 2.89. The van der Waals surface area contributed by atoms with Gasteiger partial charge in [0.15, 0.2) is 23.2 Å². The second-order valence-electron chi connectivity index (χ2n) is 5.87. The van der Waals surface area contributed by atoms with Crippen LogP contribution in [0.25, 0.3) is 11.2 Å². The molecular weight excluding hydrogens is 292 g/mol. The first kappa shape index (κ1) is 13.8. The Morgan fingerprint density at radius 3 is 2.91 bits per heavy atom. The molecule has 118 valence electrons. The molecule has 0 aromatic carbocycles. The second kappa shape index (κ2) is 4.59. The lowest BCUT2D eigenvalue weighted by molar-refractivity contribution is -0.199. The lowest BCUT2D eigenvalue weighted by atomic mass is 10.1. The summed E-state index contributed by atoms with van der Waals surface area (Å²) in [5, 5.41) is 9.50. The predicted molar refractivity (Wildman–Crippen MR) is 73.0 cm³/mol. The third-order valence-electron chi connectivity index (χ3n) is 3.94. The number of hydrogen-bond acceptors (Lipinski definition) is 7. The van der Waals surface area contributed by atoms with E-state index in [9.17, 15) is 9.90 Å². The van der Waals surface area contributed by atoms with Gasteiger partial charge in [0, 0.05) is 0 Å². The van der Waals surface area contributed by atoms with E-state index in [2.05, 4.69) is 15.0 Å². The number of imidazole rings is 1. The Bertz CT molecular complexity index is 769. The minimum atomic E-state index is -0.758. The molecule has 2 saturated heterocycles. The number of hydrogen-bond donors (Lipinski definition) is 2. The normalized spacial score (nSPS) is 33.4. The van der Waals surface area contributed by atoms with Gasteiger partial charge < -0.3 is 24.3 Å². The average molecular weight is 308 g/mol. The number of aromatic nitrogens is 4. The number of nitrogens with one attached hydrogen (secondary N) is 1. The van der Waals surface area contributed by atoms with E-state index < -0.39 is 24.2 Å². The van der Waals surface area contributed by atoms with Crippen LogP contribution in [0.1, 0.15) is 20.1 Å². The van der Waals surface area contributed by atoms with Crippen molar-refractivity contribution in [3.05, 3.63) is 23.0 Å². The highest BCUT2D eigenvalue weighted by molar-refractivity contribution is 5.68. The van der Waals surface area contributed by atoms with Crippen LogP contribution < -0.4 is 5.56 Å². The second-order valence-corrected chi connectivity index (χ2v) is 5.87. The molecule has 0 radical (unpaired) electrons. The highest BCUT2D eigenvalue weighted by Gasteiger charge is 2.55. The maximum atomic E-state index is 11.8.